The maximum atomic E-state index is 6.23. The molecule has 2 heteroatoms. The molecule has 0 radical (unpaired) electrons. The van der Waals surface area contributed by atoms with Crippen LogP contribution in [0.3, 0.4) is 0 Å². The van der Waals surface area contributed by atoms with Crippen molar-refractivity contribution < 1.29 is 0 Å². The molecule has 2 atom stereocenters. The zero-order valence-corrected chi connectivity index (χ0v) is 9.90. The van der Waals surface area contributed by atoms with Crippen LogP contribution in [0.2, 0.25) is 0 Å². The Kier molecular flexibility index (Phi) is 2.00. The molecule has 2 N–H and O–H groups in total. The molecule has 0 bridgehead atoms. The van der Waals surface area contributed by atoms with E-state index < -0.39 is 0 Å². The van der Waals surface area contributed by atoms with Crippen molar-refractivity contribution in [3.8, 4) is 0 Å². The molecule has 0 aliphatic heterocycles. The summed E-state index contributed by atoms with van der Waals surface area (Å²) in [5.41, 5.74) is 4.00. The molecule has 1 aliphatic rings. The molecule has 0 fully saturated rings. The van der Waals surface area contributed by atoms with E-state index in [0.29, 0.717) is 5.92 Å². The molecule has 0 spiro atoms. The number of rotatable bonds is 0. The molecule has 1 aliphatic carbocycles. The maximum Gasteiger partial charge on any atom is 0.0696 e. The first-order valence-corrected chi connectivity index (χ1v) is 6.07. The lowest BCUT2D eigenvalue weighted by atomic mass is 9.80. The standard InChI is InChI=1S/C14H18N2/c1-9-7-8-12-11-5-3-4-6-13(11)16(15)14(12)10(9)2/h3-6,9-10H,7-8,15H2,1-2H3. The van der Waals surface area contributed by atoms with Crippen LogP contribution < -0.4 is 5.84 Å². The van der Waals surface area contributed by atoms with E-state index in [2.05, 4.69) is 38.1 Å². The molecule has 2 nitrogen and oxygen atoms in total. The molecule has 2 unspecified atom stereocenters. The van der Waals surface area contributed by atoms with Gasteiger partial charge in [0.05, 0.1) is 5.52 Å². The molecular weight excluding hydrogens is 196 g/mol. The molecule has 3 rings (SSSR count). The van der Waals surface area contributed by atoms with Crippen molar-refractivity contribution in [3.05, 3.63) is 35.5 Å². The largest absolute Gasteiger partial charge is 0.339 e. The zero-order chi connectivity index (χ0) is 11.3. The molecule has 0 amide bonds. The lowest BCUT2D eigenvalue weighted by Crippen LogP contribution is -2.22. The minimum atomic E-state index is 0.571. The number of para-hydroxylation sites is 1. The van der Waals surface area contributed by atoms with E-state index in [-0.39, 0.29) is 0 Å². The van der Waals surface area contributed by atoms with Crippen LogP contribution in [0, 0.1) is 5.92 Å². The molecule has 1 heterocycles. The number of hydrogen-bond acceptors (Lipinski definition) is 1. The van der Waals surface area contributed by atoms with Gasteiger partial charge < -0.3 is 5.84 Å². The Labute approximate surface area is 96.0 Å². The summed E-state index contributed by atoms with van der Waals surface area (Å²) >= 11 is 0. The van der Waals surface area contributed by atoms with E-state index in [1.807, 2.05) is 4.68 Å². The van der Waals surface area contributed by atoms with Crippen LogP contribution >= 0.6 is 0 Å². The van der Waals surface area contributed by atoms with Crippen molar-refractivity contribution >= 4 is 10.9 Å². The molecule has 1 aromatic heterocycles. The summed E-state index contributed by atoms with van der Waals surface area (Å²) < 4.78 is 1.91. The highest BCUT2D eigenvalue weighted by atomic mass is 15.3. The number of aromatic nitrogens is 1. The van der Waals surface area contributed by atoms with Crippen molar-refractivity contribution in [1.82, 2.24) is 4.68 Å². The maximum absolute atomic E-state index is 6.23. The average Bonchev–Trinajstić information content (AvgIpc) is 2.59. The molecule has 0 saturated heterocycles. The van der Waals surface area contributed by atoms with Gasteiger partial charge in [0.25, 0.3) is 0 Å². The minimum absolute atomic E-state index is 0.571. The minimum Gasteiger partial charge on any atom is -0.339 e. The fourth-order valence-electron chi connectivity index (χ4n) is 3.00. The summed E-state index contributed by atoms with van der Waals surface area (Å²) in [7, 11) is 0. The summed E-state index contributed by atoms with van der Waals surface area (Å²) in [4.78, 5) is 0. The van der Waals surface area contributed by atoms with E-state index in [9.17, 15) is 0 Å². The Hall–Kier alpha value is -1.44. The Morgan fingerprint density at radius 3 is 2.81 bits per heavy atom. The van der Waals surface area contributed by atoms with Crippen LogP contribution in [-0.2, 0) is 6.42 Å². The smallest absolute Gasteiger partial charge is 0.0696 e. The van der Waals surface area contributed by atoms with Gasteiger partial charge in [0, 0.05) is 17.0 Å². The lowest BCUT2D eigenvalue weighted by Gasteiger charge is -2.27. The van der Waals surface area contributed by atoms with Crippen molar-refractivity contribution in [2.24, 2.45) is 5.92 Å². The number of aryl methyl sites for hydroxylation is 1. The van der Waals surface area contributed by atoms with Gasteiger partial charge in [0.15, 0.2) is 0 Å². The van der Waals surface area contributed by atoms with E-state index in [0.717, 1.165) is 5.92 Å². The second kappa shape index (κ2) is 3.27. The van der Waals surface area contributed by atoms with Gasteiger partial charge in [0.2, 0.25) is 0 Å². The average molecular weight is 214 g/mol. The highest BCUT2D eigenvalue weighted by Crippen LogP contribution is 2.39. The fourth-order valence-corrected chi connectivity index (χ4v) is 3.00. The van der Waals surface area contributed by atoms with Gasteiger partial charge in [0.1, 0.15) is 0 Å². The summed E-state index contributed by atoms with van der Waals surface area (Å²) in [6, 6.07) is 8.47. The van der Waals surface area contributed by atoms with Gasteiger partial charge in [-0.1, -0.05) is 32.0 Å². The molecule has 1 aromatic carbocycles. The molecule has 16 heavy (non-hydrogen) atoms. The van der Waals surface area contributed by atoms with Gasteiger partial charge in [-0.25, -0.2) is 0 Å². The highest BCUT2D eigenvalue weighted by Gasteiger charge is 2.28. The number of hydrogen-bond donors (Lipinski definition) is 1. The van der Waals surface area contributed by atoms with Gasteiger partial charge in [-0.05, 0) is 30.4 Å². The van der Waals surface area contributed by atoms with Crippen molar-refractivity contribution in [3.63, 3.8) is 0 Å². The Bertz CT molecular complexity index is 539. The highest BCUT2D eigenvalue weighted by molar-refractivity contribution is 5.86. The molecular formula is C14H18N2. The van der Waals surface area contributed by atoms with E-state index >= 15 is 0 Å². The number of fused-ring (bicyclic) bond motifs is 3. The van der Waals surface area contributed by atoms with Crippen molar-refractivity contribution in [2.75, 3.05) is 5.84 Å². The van der Waals surface area contributed by atoms with Gasteiger partial charge in [-0.2, -0.15) is 0 Å². The van der Waals surface area contributed by atoms with E-state index in [1.165, 1.54) is 35.0 Å². The molecule has 84 valence electrons. The quantitative estimate of drug-likeness (QED) is 0.671. The Balaban J connectivity index is 2.35. The van der Waals surface area contributed by atoms with Crippen LogP contribution in [0.5, 0.6) is 0 Å². The summed E-state index contributed by atoms with van der Waals surface area (Å²) in [6.45, 7) is 4.62. The summed E-state index contributed by atoms with van der Waals surface area (Å²) in [5, 5.41) is 1.35. The van der Waals surface area contributed by atoms with Crippen LogP contribution in [0.1, 0.15) is 37.4 Å². The van der Waals surface area contributed by atoms with Crippen LogP contribution in [0.15, 0.2) is 24.3 Å². The van der Waals surface area contributed by atoms with Crippen LogP contribution in [-0.4, -0.2) is 4.68 Å². The van der Waals surface area contributed by atoms with Crippen molar-refractivity contribution in [2.45, 2.75) is 32.6 Å². The topological polar surface area (TPSA) is 30.9 Å². The van der Waals surface area contributed by atoms with Gasteiger partial charge in [-0.15, -0.1) is 0 Å². The molecule has 0 saturated carbocycles. The Morgan fingerprint density at radius 1 is 1.25 bits per heavy atom. The third-order valence-corrected chi connectivity index (χ3v) is 4.19. The van der Waals surface area contributed by atoms with Gasteiger partial charge in [-0.3, -0.25) is 4.68 Å². The van der Waals surface area contributed by atoms with Crippen molar-refractivity contribution in [1.29, 1.82) is 0 Å². The second-order valence-corrected chi connectivity index (χ2v) is 5.06. The number of nitrogens with two attached hydrogens (primary N) is 1. The monoisotopic (exact) mass is 214 g/mol. The van der Waals surface area contributed by atoms with E-state index in [1.54, 1.807) is 0 Å². The van der Waals surface area contributed by atoms with Crippen LogP contribution in [0.4, 0.5) is 0 Å². The van der Waals surface area contributed by atoms with Gasteiger partial charge >= 0.3 is 0 Å². The summed E-state index contributed by atoms with van der Waals surface area (Å²) in [5.74, 6) is 7.53. The second-order valence-electron chi connectivity index (χ2n) is 5.06. The predicted molar refractivity (Wildman–Crippen MR) is 68.0 cm³/mol. The number of nitrogen functional groups attached to an aromatic ring is 1. The third-order valence-electron chi connectivity index (χ3n) is 4.19. The first-order valence-electron chi connectivity index (χ1n) is 6.07. The molecule has 2 aromatic rings. The van der Waals surface area contributed by atoms with E-state index in [4.69, 9.17) is 5.84 Å². The normalized spacial score (nSPS) is 24.6. The SMILES string of the molecule is CC1CCc2c(n(N)c3ccccc23)C1C. The zero-order valence-electron chi connectivity index (χ0n) is 9.90. The lowest BCUT2D eigenvalue weighted by molar-refractivity contribution is 0.414. The first kappa shape index (κ1) is 9.76. The predicted octanol–water partition coefficient (Wildman–Crippen LogP) is 3.04. The summed E-state index contributed by atoms with van der Waals surface area (Å²) in [6.07, 6.45) is 2.45. The number of nitrogens with zero attached hydrogens (tertiary/aromatic N) is 1. The van der Waals surface area contributed by atoms with Crippen LogP contribution in [0.25, 0.3) is 10.9 Å². The third kappa shape index (κ3) is 1.13. The first-order chi connectivity index (χ1) is 7.70. The number of benzene rings is 1. The Morgan fingerprint density at radius 2 is 2.00 bits per heavy atom. The fraction of sp³-hybridized carbons (Fsp3) is 0.429.